The van der Waals surface area contributed by atoms with E-state index in [4.69, 9.17) is 10.5 Å². The highest BCUT2D eigenvalue weighted by Crippen LogP contribution is 2.29. The van der Waals surface area contributed by atoms with Crippen LogP contribution >= 0.6 is 0 Å². The van der Waals surface area contributed by atoms with Gasteiger partial charge in [0, 0.05) is 69.3 Å². The molecule has 2 aliphatic carbocycles. The Balaban J connectivity index is 0.906. The van der Waals surface area contributed by atoms with Crippen molar-refractivity contribution in [3.63, 3.8) is 0 Å². The summed E-state index contributed by atoms with van der Waals surface area (Å²) in [6.45, 7) is 6.29. The first-order valence-electron chi connectivity index (χ1n) is 16.3. The van der Waals surface area contributed by atoms with E-state index in [2.05, 4.69) is 73.7 Å². The first-order chi connectivity index (χ1) is 22.0. The van der Waals surface area contributed by atoms with Crippen LogP contribution in [0.4, 0.5) is 5.82 Å². The van der Waals surface area contributed by atoms with Gasteiger partial charge in [0.15, 0.2) is 0 Å². The maximum Gasteiger partial charge on any atom is 0.255 e. The molecule has 1 amide bonds. The Morgan fingerprint density at radius 3 is 2.27 bits per heavy atom. The molecular formula is C36H43N7O2. The molecule has 9 heteroatoms. The molecule has 234 valence electrons. The van der Waals surface area contributed by atoms with E-state index in [0.717, 1.165) is 48.5 Å². The van der Waals surface area contributed by atoms with Crippen LogP contribution in [-0.4, -0.2) is 74.8 Å². The topological polar surface area (TPSA) is 102 Å². The zero-order valence-electron chi connectivity index (χ0n) is 26.1. The molecule has 2 atom stereocenters. The molecule has 2 aromatic heterocycles. The summed E-state index contributed by atoms with van der Waals surface area (Å²) >= 11 is 0. The summed E-state index contributed by atoms with van der Waals surface area (Å²) in [5.41, 5.74) is 13.1. The Labute approximate surface area is 265 Å². The van der Waals surface area contributed by atoms with Crippen molar-refractivity contribution >= 4 is 11.7 Å². The van der Waals surface area contributed by atoms with Crippen LogP contribution in [0, 0.1) is 0 Å². The van der Waals surface area contributed by atoms with E-state index in [1.807, 2.05) is 13.2 Å². The molecule has 0 unspecified atom stereocenters. The van der Waals surface area contributed by atoms with Gasteiger partial charge >= 0.3 is 0 Å². The van der Waals surface area contributed by atoms with Crippen molar-refractivity contribution in [3.8, 4) is 22.3 Å². The van der Waals surface area contributed by atoms with Crippen molar-refractivity contribution in [1.82, 2.24) is 29.9 Å². The molecule has 0 spiro atoms. The fourth-order valence-corrected chi connectivity index (χ4v) is 6.71. The van der Waals surface area contributed by atoms with E-state index in [9.17, 15) is 4.79 Å². The minimum absolute atomic E-state index is 0.0476. The third kappa shape index (κ3) is 7.11. The molecule has 3 heterocycles. The average Bonchev–Trinajstić information content (AvgIpc) is 3.68. The van der Waals surface area contributed by atoms with E-state index < -0.39 is 0 Å². The van der Waals surface area contributed by atoms with Crippen LogP contribution in [-0.2, 0) is 24.9 Å². The van der Waals surface area contributed by atoms with Crippen LogP contribution in [0.25, 0.3) is 22.3 Å². The number of pyridine rings is 1. The Morgan fingerprint density at radius 1 is 0.889 bits per heavy atom. The number of nitrogens with zero attached hydrogens (tertiary/aromatic N) is 5. The molecule has 1 aliphatic heterocycles. The molecule has 45 heavy (non-hydrogen) atoms. The number of piperazine rings is 1. The number of benzene rings is 2. The summed E-state index contributed by atoms with van der Waals surface area (Å²) in [6.07, 6.45) is 10.8. The normalized spacial score (nSPS) is 20.8. The molecule has 2 saturated carbocycles. The van der Waals surface area contributed by atoms with E-state index in [0.29, 0.717) is 12.2 Å². The summed E-state index contributed by atoms with van der Waals surface area (Å²) in [4.78, 5) is 22.8. The van der Waals surface area contributed by atoms with E-state index in [-0.39, 0.29) is 23.9 Å². The zero-order chi connectivity index (χ0) is 30.8. The van der Waals surface area contributed by atoms with Crippen LogP contribution in [0.3, 0.4) is 0 Å². The lowest BCUT2D eigenvalue weighted by atomic mass is 10.0. The van der Waals surface area contributed by atoms with Gasteiger partial charge in [0.1, 0.15) is 5.82 Å². The van der Waals surface area contributed by atoms with Crippen molar-refractivity contribution < 1.29 is 9.53 Å². The fourth-order valence-electron chi connectivity index (χ4n) is 6.71. The number of hydrogen-bond acceptors (Lipinski definition) is 7. The second kappa shape index (κ2) is 13.1. The Hall–Kier alpha value is -4.05. The number of nitrogens with one attached hydrogen (secondary N) is 1. The zero-order valence-corrected chi connectivity index (χ0v) is 26.1. The standard InChI is InChI=1S/C36H43N7O2/c1-41-23-30(21-39-41)29-19-32(35(37)38-20-29)36(44)40-33-3-2-4-34(33)45-24-26-7-11-28(12-8-26)27-9-5-25(6-10-27)22-42-15-17-43(18-16-42)31-13-14-31/h5-12,19-21,23,31,33-34H,2-4,13-18,22,24H2,1H3,(H2,37,38)(H,40,44)/t33-,34-/m0/s1. The Bertz CT molecular complexity index is 1610. The number of anilines is 1. The lowest BCUT2D eigenvalue weighted by Gasteiger charge is -2.34. The lowest BCUT2D eigenvalue weighted by Crippen LogP contribution is -2.46. The van der Waals surface area contributed by atoms with Crippen LogP contribution < -0.4 is 11.1 Å². The monoisotopic (exact) mass is 605 g/mol. The van der Waals surface area contributed by atoms with Crippen molar-refractivity contribution in [1.29, 1.82) is 0 Å². The van der Waals surface area contributed by atoms with E-state index >= 15 is 0 Å². The molecule has 0 radical (unpaired) electrons. The van der Waals surface area contributed by atoms with Crippen LogP contribution in [0.15, 0.2) is 73.2 Å². The van der Waals surface area contributed by atoms with Crippen LogP contribution in [0.2, 0.25) is 0 Å². The second-order valence-corrected chi connectivity index (χ2v) is 12.9. The quantitative estimate of drug-likeness (QED) is 0.266. The minimum atomic E-state index is -0.224. The lowest BCUT2D eigenvalue weighted by molar-refractivity contribution is 0.0272. The van der Waals surface area contributed by atoms with Gasteiger partial charge in [-0.1, -0.05) is 48.5 Å². The number of carbonyl (C=O) groups is 1. The number of carbonyl (C=O) groups excluding carboxylic acids is 1. The van der Waals surface area contributed by atoms with Crippen molar-refractivity contribution in [3.05, 3.63) is 89.9 Å². The SMILES string of the molecule is Cn1cc(-c2cnc(N)c(C(=O)N[C@H]3CCC[C@@H]3OCc3ccc(-c4ccc(CN5CCN(C6CC6)CC5)cc4)cc3)c2)cn1. The average molecular weight is 606 g/mol. The first-order valence-corrected chi connectivity index (χ1v) is 16.3. The summed E-state index contributed by atoms with van der Waals surface area (Å²) in [5, 5.41) is 7.38. The van der Waals surface area contributed by atoms with Gasteiger partial charge in [0.05, 0.1) is 30.5 Å². The number of ether oxygens (including phenoxy) is 1. The Kier molecular flexibility index (Phi) is 8.65. The number of rotatable bonds is 10. The largest absolute Gasteiger partial charge is 0.383 e. The fraction of sp³-hybridized carbons (Fsp3) is 0.417. The van der Waals surface area contributed by atoms with Gasteiger partial charge in [-0.3, -0.25) is 19.3 Å². The highest BCUT2D eigenvalue weighted by molar-refractivity contribution is 5.99. The second-order valence-electron chi connectivity index (χ2n) is 12.9. The number of aryl methyl sites for hydroxylation is 1. The molecule has 3 aliphatic rings. The molecule has 3 N–H and O–H groups in total. The minimum Gasteiger partial charge on any atom is -0.383 e. The number of nitrogen functional groups attached to an aromatic ring is 1. The smallest absolute Gasteiger partial charge is 0.255 e. The van der Waals surface area contributed by atoms with Crippen molar-refractivity contribution in [2.75, 3.05) is 31.9 Å². The van der Waals surface area contributed by atoms with Crippen LogP contribution in [0.1, 0.15) is 53.6 Å². The Morgan fingerprint density at radius 2 is 1.60 bits per heavy atom. The predicted molar refractivity (Wildman–Crippen MR) is 176 cm³/mol. The molecule has 3 fully saturated rings. The third-order valence-corrected chi connectivity index (χ3v) is 9.55. The number of nitrogens with two attached hydrogens (primary N) is 1. The summed E-state index contributed by atoms with van der Waals surface area (Å²) in [6, 6.07) is 20.2. The van der Waals surface area contributed by atoms with Gasteiger partial charge in [-0.05, 0) is 60.4 Å². The maximum atomic E-state index is 13.2. The molecular weight excluding hydrogens is 562 g/mol. The van der Waals surface area contributed by atoms with E-state index in [1.165, 1.54) is 55.7 Å². The number of hydrogen-bond donors (Lipinski definition) is 2. The highest BCUT2D eigenvalue weighted by atomic mass is 16.5. The third-order valence-electron chi connectivity index (χ3n) is 9.55. The number of aromatic nitrogens is 3. The van der Waals surface area contributed by atoms with E-state index in [1.54, 1.807) is 23.1 Å². The molecule has 7 rings (SSSR count). The molecule has 4 aromatic rings. The van der Waals surface area contributed by atoms with Gasteiger partial charge in [0.2, 0.25) is 0 Å². The number of amides is 1. The van der Waals surface area contributed by atoms with Gasteiger partial charge in [-0.2, -0.15) is 5.10 Å². The van der Waals surface area contributed by atoms with Gasteiger partial charge in [0.25, 0.3) is 5.91 Å². The molecule has 0 bridgehead atoms. The van der Waals surface area contributed by atoms with Crippen molar-refractivity contribution in [2.45, 2.75) is 63.4 Å². The summed E-state index contributed by atoms with van der Waals surface area (Å²) < 4.78 is 8.06. The first kappa shape index (κ1) is 29.6. The summed E-state index contributed by atoms with van der Waals surface area (Å²) in [7, 11) is 1.85. The molecule has 1 saturated heterocycles. The molecule has 9 nitrogen and oxygen atoms in total. The van der Waals surface area contributed by atoms with Gasteiger partial charge in [-0.25, -0.2) is 4.98 Å². The summed E-state index contributed by atoms with van der Waals surface area (Å²) in [5.74, 6) is -0.00899. The van der Waals surface area contributed by atoms with Gasteiger partial charge in [-0.15, -0.1) is 0 Å². The molecule has 2 aromatic carbocycles. The predicted octanol–water partition coefficient (Wildman–Crippen LogP) is 4.88. The van der Waals surface area contributed by atoms with Gasteiger partial charge < -0.3 is 15.8 Å². The van der Waals surface area contributed by atoms with Crippen molar-refractivity contribution in [2.24, 2.45) is 7.05 Å². The van der Waals surface area contributed by atoms with Crippen LogP contribution in [0.5, 0.6) is 0 Å². The highest BCUT2D eigenvalue weighted by Gasteiger charge is 2.32. The maximum absolute atomic E-state index is 13.2.